The van der Waals surface area contributed by atoms with Crippen LogP contribution in [0.25, 0.3) is 10.1 Å². The van der Waals surface area contributed by atoms with Gasteiger partial charge in [-0.1, -0.05) is 11.6 Å². The van der Waals surface area contributed by atoms with E-state index in [2.05, 4.69) is 4.74 Å². The summed E-state index contributed by atoms with van der Waals surface area (Å²) in [5.41, 5.74) is 0. The standard InChI is InChI=1S/C11H9ClO3S/c1-14-6-3-4-7-8(5-6)16-10(9(7)12)11(13)15-2/h3-5H,1-2H3. The van der Waals surface area contributed by atoms with Crippen molar-refractivity contribution in [1.29, 1.82) is 0 Å². The number of ether oxygens (including phenoxy) is 2. The Bertz CT molecular complexity index is 547. The normalized spacial score (nSPS) is 10.4. The Morgan fingerprint density at radius 3 is 2.75 bits per heavy atom. The molecule has 0 spiro atoms. The molecule has 1 heterocycles. The zero-order valence-corrected chi connectivity index (χ0v) is 10.3. The molecule has 2 aromatic rings. The van der Waals surface area contributed by atoms with E-state index in [0.717, 1.165) is 15.8 Å². The second-order valence-corrected chi connectivity index (χ2v) is 4.53. The Kier molecular flexibility index (Phi) is 3.03. The van der Waals surface area contributed by atoms with E-state index in [-0.39, 0.29) is 0 Å². The zero-order chi connectivity index (χ0) is 11.7. The van der Waals surface area contributed by atoms with Gasteiger partial charge in [0.05, 0.1) is 19.2 Å². The van der Waals surface area contributed by atoms with Gasteiger partial charge in [0.15, 0.2) is 0 Å². The zero-order valence-electron chi connectivity index (χ0n) is 8.74. The fourth-order valence-electron chi connectivity index (χ4n) is 1.40. The maximum absolute atomic E-state index is 11.4. The van der Waals surface area contributed by atoms with Crippen LogP contribution in [0.4, 0.5) is 0 Å². The topological polar surface area (TPSA) is 35.5 Å². The predicted octanol–water partition coefficient (Wildman–Crippen LogP) is 3.35. The van der Waals surface area contributed by atoms with Crippen molar-refractivity contribution in [3.05, 3.63) is 28.1 Å². The summed E-state index contributed by atoms with van der Waals surface area (Å²) in [7, 11) is 2.93. The third kappa shape index (κ3) is 1.74. The number of hydrogen-bond acceptors (Lipinski definition) is 4. The summed E-state index contributed by atoms with van der Waals surface area (Å²) in [5.74, 6) is 0.326. The summed E-state index contributed by atoms with van der Waals surface area (Å²) in [5, 5.41) is 1.28. The van der Waals surface area contributed by atoms with Crippen molar-refractivity contribution < 1.29 is 14.3 Å². The van der Waals surface area contributed by atoms with Crippen LogP contribution in [0, 0.1) is 0 Å². The van der Waals surface area contributed by atoms with Gasteiger partial charge in [-0.05, 0) is 18.2 Å². The molecule has 0 aliphatic heterocycles. The second-order valence-electron chi connectivity index (χ2n) is 3.10. The number of hydrogen-bond donors (Lipinski definition) is 0. The number of halogens is 1. The summed E-state index contributed by atoms with van der Waals surface area (Å²) in [6, 6.07) is 5.49. The van der Waals surface area contributed by atoms with E-state index in [0.29, 0.717) is 9.90 Å². The minimum absolute atomic E-state index is 0.412. The van der Waals surface area contributed by atoms with Crippen LogP contribution < -0.4 is 4.74 Å². The van der Waals surface area contributed by atoms with E-state index < -0.39 is 5.97 Å². The Morgan fingerprint density at radius 1 is 1.38 bits per heavy atom. The molecule has 0 unspecified atom stereocenters. The van der Waals surface area contributed by atoms with Crippen molar-refractivity contribution in [3.8, 4) is 5.75 Å². The lowest BCUT2D eigenvalue weighted by molar-refractivity contribution is 0.0606. The van der Waals surface area contributed by atoms with Gasteiger partial charge in [-0.25, -0.2) is 4.79 Å². The predicted molar refractivity (Wildman–Crippen MR) is 64.7 cm³/mol. The minimum Gasteiger partial charge on any atom is -0.497 e. The van der Waals surface area contributed by atoms with Crippen molar-refractivity contribution in [2.75, 3.05) is 14.2 Å². The summed E-state index contributed by atoms with van der Waals surface area (Å²) in [6.07, 6.45) is 0. The molecule has 0 amide bonds. The fourth-order valence-corrected chi connectivity index (χ4v) is 2.85. The highest BCUT2D eigenvalue weighted by atomic mass is 35.5. The molecule has 0 aliphatic rings. The molecule has 0 aliphatic carbocycles. The van der Waals surface area contributed by atoms with E-state index >= 15 is 0 Å². The van der Waals surface area contributed by atoms with Gasteiger partial charge in [-0.3, -0.25) is 0 Å². The summed E-state index contributed by atoms with van der Waals surface area (Å²) < 4.78 is 10.7. The highest BCUT2D eigenvalue weighted by Gasteiger charge is 2.17. The molecule has 84 valence electrons. The molecule has 5 heteroatoms. The maximum Gasteiger partial charge on any atom is 0.349 e. The van der Waals surface area contributed by atoms with Crippen LogP contribution in [0.3, 0.4) is 0 Å². The van der Waals surface area contributed by atoms with Crippen molar-refractivity contribution in [2.24, 2.45) is 0 Å². The number of thiophene rings is 1. The smallest absolute Gasteiger partial charge is 0.349 e. The largest absolute Gasteiger partial charge is 0.497 e. The number of esters is 1. The van der Waals surface area contributed by atoms with Gasteiger partial charge in [0, 0.05) is 10.1 Å². The number of rotatable bonds is 2. The molecule has 0 saturated heterocycles. The van der Waals surface area contributed by atoms with Gasteiger partial charge in [-0.2, -0.15) is 0 Å². The van der Waals surface area contributed by atoms with E-state index in [1.165, 1.54) is 18.4 Å². The molecule has 0 bridgehead atoms. The van der Waals surface area contributed by atoms with Gasteiger partial charge in [0.2, 0.25) is 0 Å². The average molecular weight is 257 g/mol. The number of carbonyl (C=O) groups is 1. The summed E-state index contributed by atoms with van der Waals surface area (Å²) in [6.45, 7) is 0. The van der Waals surface area contributed by atoms with Crippen LogP contribution in [-0.2, 0) is 4.74 Å². The highest BCUT2D eigenvalue weighted by Crippen LogP contribution is 2.37. The van der Waals surface area contributed by atoms with Gasteiger partial charge in [-0.15, -0.1) is 11.3 Å². The average Bonchev–Trinajstić information content (AvgIpc) is 2.65. The Morgan fingerprint density at radius 2 is 2.12 bits per heavy atom. The monoisotopic (exact) mass is 256 g/mol. The van der Waals surface area contributed by atoms with Crippen LogP contribution >= 0.6 is 22.9 Å². The molecule has 0 fully saturated rings. The molecule has 1 aromatic carbocycles. The summed E-state index contributed by atoms with van der Waals surface area (Å²) >= 11 is 7.39. The lowest BCUT2D eigenvalue weighted by Crippen LogP contribution is -1.97. The highest BCUT2D eigenvalue weighted by molar-refractivity contribution is 7.21. The Labute approximate surface area is 102 Å². The van der Waals surface area contributed by atoms with E-state index in [1.807, 2.05) is 18.2 Å². The Hall–Kier alpha value is -1.26. The first-order chi connectivity index (χ1) is 7.67. The molecule has 2 rings (SSSR count). The van der Waals surface area contributed by atoms with Crippen LogP contribution in [-0.4, -0.2) is 20.2 Å². The van der Waals surface area contributed by atoms with Crippen LogP contribution in [0.15, 0.2) is 18.2 Å². The first-order valence-corrected chi connectivity index (χ1v) is 5.71. The van der Waals surface area contributed by atoms with Gasteiger partial charge in [0.1, 0.15) is 10.6 Å². The molecule has 0 atom stereocenters. The van der Waals surface area contributed by atoms with Crippen molar-refractivity contribution in [2.45, 2.75) is 0 Å². The van der Waals surface area contributed by atoms with Crippen molar-refractivity contribution in [1.82, 2.24) is 0 Å². The number of methoxy groups -OCH3 is 2. The molecule has 1 aromatic heterocycles. The number of benzene rings is 1. The number of fused-ring (bicyclic) bond motifs is 1. The van der Waals surface area contributed by atoms with E-state index in [1.54, 1.807) is 7.11 Å². The van der Waals surface area contributed by atoms with Gasteiger partial charge in [0.25, 0.3) is 0 Å². The lowest BCUT2D eigenvalue weighted by atomic mass is 10.2. The van der Waals surface area contributed by atoms with Crippen molar-refractivity contribution in [3.63, 3.8) is 0 Å². The van der Waals surface area contributed by atoms with E-state index in [9.17, 15) is 4.79 Å². The molecule has 3 nitrogen and oxygen atoms in total. The molecule has 16 heavy (non-hydrogen) atoms. The van der Waals surface area contributed by atoms with Crippen LogP contribution in [0.2, 0.25) is 5.02 Å². The quantitative estimate of drug-likeness (QED) is 0.773. The van der Waals surface area contributed by atoms with E-state index in [4.69, 9.17) is 16.3 Å². The lowest BCUT2D eigenvalue weighted by Gasteiger charge is -1.97. The second kappa shape index (κ2) is 4.31. The Balaban J connectivity index is 2.63. The molecular formula is C11H9ClO3S. The minimum atomic E-state index is -0.412. The first-order valence-electron chi connectivity index (χ1n) is 4.51. The van der Waals surface area contributed by atoms with Crippen molar-refractivity contribution >= 4 is 39.0 Å². The fraction of sp³-hybridized carbons (Fsp3) is 0.182. The molecule has 0 radical (unpaired) electrons. The maximum atomic E-state index is 11.4. The third-order valence-electron chi connectivity index (χ3n) is 2.21. The molecular weight excluding hydrogens is 248 g/mol. The van der Waals surface area contributed by atoms with Gasteiger partial charge >= 0.3 is 5.97 Å². The molecule has 0 N–H and O–H groups in total. The SMILES string of the molecule is COC(=O)c1sc2cc(OC)ccc2c1Cl. The van der Waals surface area contributed by atoms with Crippen LogP contribution in [0.5, 0.6) is 5.75 Å². The van der Waals surface area contributed by atoms with Crippen LogP contribution in [0.1, 0.15) is 9.67 Å². The van der Waals surface area contributed by atoms with Gasteiger partial charge < -0.3 is 9.47 Å². The summed E-state index contributed by atoms with van der Waals surface area (Å²) in [4.78, 5) is 11.9. The molecule has 0 saturated carbocycles. The first kappa shape index (κ1) is 11.2. The number of carbonyl (C=O) groups excluding carboxylic acids is 1. The third-order valence-corrected chi connectivity index (χ3v) is 3.84.